The summed E-state index contributed by atoms with van der Waals surface area (Å²) in [4.78, 5) is 23.0. The Labute approximate surface area is 182 Å². The van der Waals surface area contributed by atoms with Crippen LogP contribution in [-0.4, -0.2) is 69.5 Å². The van der Waals surface area contributed by atoms with Gasteiger partial charge in [-0.3, -0.25) is 4.79 Å². The SMILES string of the molecule is COc1ccc(C=CC(=O)NCCOc2cc(N3CCOCC3)nc(C)n2)cc1OC. The summed E-state index contributed by atoms with van der Waals surface area (Å²) in [6.07, 6.45) is 3.17. The van der Waals surface area contributed by atoms with E-state index in [0.29, 0.717) is 49.6 Å². The minimum absolute atomic E-state index is 0.216. The maximum atomic E-state index is 12.1. The van der Waals surface area contributed by atoms with Crippen molar-refractivity contribution < 1.29 is 23.7 Å². The Bertz CT molecular complexity index is 913. The standard InChI is InChI=1S/C22H28N4O5/c1-16-24-20(26-9-12-30-13-10-26)15-22(25-16)31-11-8-23-21(27)7-5-17-4-6-18(28-2)19(14-17)29-3/h4-7,14-15H,8-13H2,1-3H3,(H,23,27). The molecule has 1 amide bonds. The Morgan fingerprint density at radius 2 is 1.94 bits per heavy atom. The number of carbonyl (C=O) groups is 1. The quantitative estimate of drug-likeness (QED) is 0.478. The van der Waals surface area contributed by atoms with Crippen molar-refractivity contribution in [3.05, 3.63) is 41.7 Å². The smallest absolute Gasteiger partial charge is 0.244 e. The van der Waals surface area contributed by atoms with Gasteiger partial charge in [0.25, 0.3) is 0 Å². The number of aromatic nitrogens is 2. The molecule has 0 bridgehead atoms. The van der Waals surface area contributed by atoms with Crippen molar-refractivity contribution in [2.75, 3.05) is 58.6 Å². The van der Waals surface area contributed by atoms with Crippen molar-refractivity contribution in [1.29, 1.82) is 0 Å². The molecule has 0 atom stereocenters. The summed E-state index contributed by atoms with van der Waals surface area (Å²) >= 11 is 0. The van der Waals surface area contributed by atoms with Crippen molar-refractivity contribution in [2.45, 2.75) is 6.92 Å². The van der Waals surface area contributed by atoms with Gasteiger partial charge in [0.1, 0.15) is 18.2 Å². The van der Waals surface area contributed by atoms with Crippen LogP contribution in [0.4, 0.5) is 5.82 Å². The Morgan fingerprint density at radius 3 is 2.68 bits per heavy atom. The van der Waals surface area contributed by atoms with Crippen LogP contribution >= 0.6 is 0 Å². The molecule has 1 aliphatic rings. The molecule has 0 spiro atoms. The second-order valence-electron chi connectivity index (χ2n) is 6.80. The number of nitrogens with zero attached hydrogens (tertiary/aromatic N) is 3. The summed E-state index contributed by atoms with van der Waals surface area (Å²) in [7, 11) is 3.15. The molecule has 0 saturated carbocycles. The van der Waals surface area contributed by atoms with Gasteiger partial charge in [-0.15, -0.1) is 0 Å². The monoisotopic (exact) mass is 428 g/mol. The van der Waals surface area contributed by atoms with Crippen molar-refractivity contribution in [2.24, 2.45) is 0 Å². The van der Waals surface area contributed by atoms with Crippen LogP contribution < -0.4 is 24.4 Å². The first-order chi connectivity index (χ1) is 15.1. The molecule has 0 radical (unpaired) electrons. The normalized spacial score (nSPS) is 13.8. The van der Waals surface area contributed by atoms with Crippen molar-refractivity contribution in [3.8, 4) is 17.4 Å². The number of benzene rings is 1. The molecule has 9 nitrogen and oxygen atoms in total. The zero-order chi connectivity index (χ0) is 22.1. The van der Waals surface area contributed by atoms with Gasteiger partial charge in [-0.25, -0.2) is 4.98 Å². The number of aryl methyl sites for hydroxylation is 1. The van der Waals surface area contributed by atoms with Gasteiger partial charge in [0.05, 0.1) is 34.0 Å². The number of hydrogen-bond donors (Lipinski definition) is 1. The van der Waals surface area contributed by atoms with Gasteiger partial charge in [-0.1, -0.05) is 6.07 Å². The third kappa shape index (κ3) is 6.58. The van der Waals surface area contributed by atoms with E-state index in [4.69, 9.17) is 18.9 Å². The molecule has 0 aliphatic carbocycles. The van der Waals surface area contributed by atoms with Gasteiger partial charge >= 0.3 is 0 Å². The topological polar surface area (TPSA) is 95.0 Å². The second kappa shape index (κ2) is 11.2. The number of ether oxygens (including phenoxy) is 4. The number of methoxy groups -OCH3 is 2. The highest BCUT2D eigenvalue weighted by Crippen LogP contribution is 2.27. The van der Waals surface area contributed by atoms with Crippen LogP contribution in [0.2, 0.25) is 0 Å². The highest BCUT2D eigenvalue weighted by atomic mass is 16.5. The van der Waals surface area contributed by atoms with Gasteiger partial charge in [-0.2, -0.15) is 4.98 Å². The summed E-state index contributed by atoms with van der Waals surface area (Å²) in [5.74, 6) is 2.98. The first-order valence-electron chi connectivity index (χ1n) is 10.1. The molecule has 1 aliphatic heterocycles. The number of carbonyl (C=O) groups excluding carboxylic acids is 1. The average molecular weight is 428 g/mol. The molecule has 1 N–H and O–H groups in total. The van der Waals surface area contributed by atoms with Crippen LogP contribution in [0, 0.1) is 6.92 Å². The molecular formula is C22H28N4O5. The van der Waals surface area contributed by atoms with Gasteiger partial charge in [0.2, 0.25) is 11.8 Å². The Morgan fingerprint density at radius 1 is 1.16 bits per heavy atom. The molecule has 2 heterocycles. The molecule has 1 saturated heterocycles. The number of rotatable bonds is 9. The van der Waals surface area contributed by atoms with E-state index in [-0.39, 0.29) is 5.91 Å². The lowest BCUT2D eigenvalue weighted by Crippen LogP contribution is -2.37. The maximum absolute atomic E-state index is 12.1. The highest BCUT2D eigenvalue weighted by Gasteiger charge is 2.14. The number of nitrogens with one attached hydrogen (secondary N) is 1. The van der Waals surface area contributed by atoms with Gasteiger partial charge in [0.15, 0.2) is 11.5 Å². The maximum Gasteiger partial charge on any atom is 0.244 e. The van der Waals surface area contributed by atoms with Crippen LogP contribution in [0.5, 0.6) is 17.4 Å². The molecule has 1 aromatic carbocycles. The molecule has 0 unspecified atom stereocenters. The molecule has 2 aromatic rings. The second-order valence-corrected chi connectivity index (χ2v) is 6.80. The fourth-order valence-electron chi connectivity index (χ4n) is 3.07. The zero-order valence-electron chi connectivity index (χ0n) is 18.1. The lowest BCUT2D eigenvalue weighted by atomic mass is 10.2. The Kier molecular flexibility index (Phi) is 8.05. The van der Waals surface area contributed by atoms with Gasteiger partial charge < -0.3 is 29.2 Å². The first-order valence-corrected chi connectivity index (χ1v) is 10.1. The predicted octanol–water partition coefficient (Wildman–Crippen LogP) is 1.85. The number of morpholine rings is 1. The first kappa shape index (κ1) is 22.4. The fourth-order valence-corrected chi connectivity index (χ4v) is 3.07. The molecule has 31 heavy (non-hydrogen) atoms. The van der Waals surface area contributed by atoms with Gasteiger partial charge in [0, 0.05) is 25.2 Å². The zero-order valence-corrected chi connectivity index (χ0v) is 18.1. The number of amides is 1. The van der Waals surface area contributed by atoms with Gasteiger partial charge in [-0.05, 0) is 30.7 Å². The molecule has 1 aromatic heterocycles. The van der Waals surface area contributed by atoms with E-state index in [9.17, 15) is 4.79 Å². The summed E-state index contributed by atoms with van der Waals surface area (Å²) < 4.78 is 21.6. The van der Waals surface area contributed by atoms with E-state index in [1.54, 1.807) is 32.4 Å². The summed E-state index contributed by atoms with van der Waals surface area (Å²) in [6.45, 7) is 5.43. The third-order valence-electron chi connectivity index (χ3n) is 4.62. The average Bonchev–Trinajstić information content (AvgIpc) is 2.80. The van der Waals surface area contributed by atoms with Crippen LogP contribution in [0.15, 0.2) is 30.3 Å². The lowest BCUT2D eigenvalue weighted by molar-refractivity contribution is -0.116. The molecular weight excluding hydrogens is 400 g/mol. The highest BCUT2D eigenvalue weighted by molar-refractivity contribution is 5.91. The van der Waals surface area contributed by atoms with E-state index in [2.05, 4.69) is 20.2 Å². The van der Waals surface area contributed by atoms with Crippen molar-refractivity contribution in [3.63, 3.8) is 0 Å². The van der Waals surface area contributed by atoms with E-state index in [1.165, 1.54) is 6.08 Å². The van der Waals surface area contributed by atoms with E-state index in [1.807, 2.05) is 19.1 Å². The molecule has 9 heteroatoms. The van der Waals surface area contributed by atoms with Crippen molar-refractivity contribution in [1.82, 2.24) is 15.3 Å². The summed E-state index contributed by atoms with van der Waals surface area (Å²) in [6, 6.07) is 7.25. The fraction of sp³-hybridized carbons (Fsp3) is 0.409. The molecule has 166 valence electrons. The number of anilines is 1. The minimum Gasteiger partial charge on any atom is -0.493 e. The lowest BCUT2D eigenvalue weighted by Gasteiger charge is -2.28. The van der Waals surface area contributed by atoms with E-state index >= 15 is 0 Å². The molecule has 3 rings (SSSR count). The summed E-state index contributed by atoms with van der Waals surface area (Å²) in [5.41, 5.74) is 0.830. The largest absolute Gasteiger partial charge is 0.493 e. The van der Waals surface area contributed by atoms with E-state index in [0.717, 1.165) is 24.5 Å². The predicted molar refractivity (Wildman–Crippen MR) is 117 cm³/mol. The third-order valence-corrected chi connectivity index (χ3v) is 4.62. The number of hydrogen-bond acceptors (Lipinski definition) is 8. The van der Waals surface area contributed by atoms with Crippen LogP contribution in [0.25, 0.3) is 6.08 Å². The van der Waals surface area contributed by atoms with Crippen LogP contribution in [0.3, 0.4) is 0 Å². The van der Waals surface area contributed by atoms with E-state index < -0.39 is 0 Å². The van der Waals surface area contributed by atoms with Crippen LogP contribution in [-0.2, 0) is 9.53 Å². The Hall–Kier alpha value is -3.33. The van der Waals surface area contributed by atoms with Crippen molar-refractivity contribution >= 4 is 17.8 Å². The molecule has 1 fully saturated rings. The minimum atomic E-state index is -0.216. The van der Waals surface area contributed by atoms with Crippen LogP contribution in [0.1, 0.15) is 11.4 Å². The summed E-state index contributed by atoms with van der Waals surface area (Å²) in [5, 5.41) is 2.79. The Balaban J connectivity index is 1.46.